The van der Waals surface area contributed by atoms with Crippen LogP contribution in [-0.4, -0.2) is 0 Å². The van der Waals surface area contributed by atoms with Crippen molar-refractivity contribution in [2.45, 2.75) is 19.4 Å². The van der Waals surface area contributed by atoms with E-state index in [0.717, 1.165) is 27.5 Å². The van der Waals surface area contributed by atoms with Gasteiger partial charge in [-0.15, -0.1) is 0 Å². The van der Waals surface area contributed by atoms with Crippen molar-refractivity contribution in [3.05, 3.63) is 120 Å². The van der Waals surface area contributed by atoms with Crippen LogP contribution in [0, 0.1) is 0 Å². The molecular formula is C25H23O3P. The molecule has 0 amide bonds. The Labute approximate surface area is 171 Å². The van der Waals surface area contributed by atoms with Crippen LogP contribution in [0.2, 0.25) is 0 Å². The summed E-state index contributed by atoms with van der Waals surface area (Å²) in [7, 11) is -3.38. The zero-order valence-corrected chi connectivity index (χ0v) is 17.0. The van der Waals surface area contributed by atoms with Gasteiger partial charge in [-0.3, -0.25) is 4.57 Å². The van der Waals surface area contributed by atoms with E-state index in [1.54, 1.807) is 0 Å². The fraction of sp³-hybridized carbons (Fsp3) is 0.120. The van der Waals surface area contributed by atoms with E-state index in [1.165, 1.54) is 0 Å². The van der Waals surface area contributed by atoms with Crippen LogP contribution in [0.3, 0.4) is 0 Å². The van der Waals surface area contributed by atoms with Gasteiger partial charge in [0.05, 0.1) is 19.4 Å². The highest BCUT2D eigenvalue weighted by Crippen LogP contribution is 2.53. The van der Waals surface area contributed by atoms with Gasteiger partial charge in [0.1, 0.15) is 0 Å². The van der Waals surface area contributed by atoms with Crippen molar-refractivity contribution in [3.63, 3.8) is 0 Å². The van der Waals surface area contributed by atoms with Gasteiger partial charge in [0.25, 0.3) is 0 Å². The first-order chi connectivity index (χ1) is 14.2. The Morgan fingerprint density at radius 1 is 0.586 bits per heavy atom. The molecule has 29 heavy (non-hydrogen) atoms. The fourth-order valence-corrected chi connectivity index (χ4v) is 4.90. The average molecular weight is 402 g/mol. The summed E-state index contributed by atoms with van der Waals surface area (Å²) in [5.74, 6) is 0. The number of benzene rings is 4. The predicted molar refractivity (Wildman–Crippen MR) is 118 cm³/mol. The van der Waals surface area contributed by atoms with Crippen LogP contribution in [0.1, 0.15) is 16.7 Å². The van der Waals surface area contributed by atoms with E-state index in [0.29, 0.717) is 0 Å². The molecule has 0 N–H and O–H groups in total. The second-order valence-corrected chi connectivity index (χ2v) is 8.98. The Bertz CT molecular complexity index is 1060. The molecule has 0 aliphatic carbocycles. The van der Waals surface area contributed by atoms with Gasteiger partial charge in [-0.25, -0.2) is 0 Å². The third-order valence-electron chi connectivity index (χ3n) is 4.79. The lowest BCUT2D eigenvalue weighted by atomic mass is 10.1. The van der Waals surface area contributed by atoms with E-state index in [9.17, 15) is 4.57 Å². The summed E-state index contributed by atoms with van der Waals surface area (Å²) >= 11 is 0. The lowest BCUT2D eigenvalue weighted by Gasteiger charge is -2.20. The minimum atomic E-state index is -3.38. The summed E-state index contributed by atoms with van der Waals surface area (Å²) < 4.78 is 25.6. The van der Waals surface area contributed by atoms with Crippen molar-refractivity contribution < 1.29 is 13.6 Å². The first-order valence-electron chi connectivity index (χ1n) is 9.64. The Kier molecular flexibility index (Phi) is 6.21. The number of hydrogen-bond acceptors (Lipinski definition) is 3. The van der Waals surface area contributed by atoms with E-state index < -0.39 is 7.60 Å². The molecular weight excluding hydrogens is 379 g/mol. The molecule has 0 bridgehead atoms. The summed E-state index contributed by atoms with van der Waals surface area (Å²) in [4.78, 5) is 0. The zero-order chi connectivity index (χ0) is 19.9. The molecule has 4 aromatic rings. The van der Waals surface area contributed by atoms with Gasteiger partial charge in [0.15, 0.2) is 0 Å². The Morgan fingerprint density at radius 2 is 1.10 bits per heavy atom. The van der Waals surface area contributed by atoms with E-state index in [1.807, 2.05) is 91.0 Å². The summed E-state index contributed by atoms with van der Waals surface area (Å²) in [5.41, 5.74) is 2.90. The van der Waals surface area contributed by atoms with E-state index in [2.05, 4.69) is 12.1 Å². The first-order valence-corrected chi connectivity index (χ1v) is 11.4. The van der Waals surface area contributed by atoms with Gasteiger partial charge in [-0.2, -0.15) is 0 Å². The van der Waals surface area contributed by atoms with Crippen LogP contribution in [0.5, 0.6) is 0 Å². The van der Waals surface area contributed by atoms with Gasteiger partial charge in [-0.05, 0) is 27.5 Å². The molecule has 4 rings (SSSR count). The van der Waals surface area contributed by atoms with Gasteiger partial charge >= 0.3 is 7.60 Å². The quantitative estimate of drug-likeness (QED) is 0.299. The third-order valence-corrected chi connectivity index (χ3v) is 6.56. The minimum absolute atomic E-state index is 0.230. The average Bonchev–Trinajstić information content (AvgIpc) is 2.78. The standard InChI is InChI=1S/C25H23O3P/c26-29(27-18-21-10-3-1-4-11-21,28-19-22-12-5-2-6-13-22)20-24-16-9-15-23-14-7-8-17-25(23)24/h1-17H,18-20H2. The van der Waals surface area contributed by atoms with Crippen LogP contribution in [0.25, 0.3) is 10.8 Å². The molecule has 0 spiro atoms. The normalized spacial score (nSPS) is 11.6. The van der Waals surface area contributed by atoms with E-state index >= 15 is 0 Å². The van der Waals surface area contributed by atoms with E-state index in [4.69, 9.17) is 9.05 Å². The lowest BCUT2D eigenvalue weighted by Crippen LogP contribution is -2.01. The largest absolute Gasteiger partial charge is 0.335 e. The fourth-order valence-electron chi connectivity index (χ4n) is 3.26. The highest BCUT2D eigenvalue weighted by molar-refractivity contribution is 7.53. The smallest absolute Gasteiger partial charge is 0.304 e. The Hall–Kier alpha value is -2.71. The number of hydrogen-bond donors (Lipinski definition) is 0. The molecule has 4 aromatic carbocycles. The van der Waals surface area contributed by atoms with Gasteiger partial charge in [-0.1, -0.05) is 103 Å². The molecule has 0 radical (unpaired) electrons. The highest BCUT2D eigenvalue weighted by atomic mass is 31.2. The molecule has 146 valence electrons. The molecule has 0 aromatic heterocycles. The SMILES string of the molecule is O=P(Cc1cccc2ccccc12)(OCc1ccccc1)OCc1ccccc1. The number of rotatable bonds is 8. The second-order valence-electron chi connectivity index (χ2n) is 6.93. The van der Waals surface area contributed by atoms with Gasteiger partial charge < -0.3 is 9.05 Å². The van der Waals surface area contributed by atoms with Crippen molar-refractivity contribution in [2.24, 2.45) is 0 Å². The van der Waals surface area contributed by atoms with Crippen LogP contribution >= 0.6 is 7.60 Å². The summed E-state index contributed by atoms with van der Waals surface area (Å²) in [6.45, 7) is 0.495. The number of fused-ring (bicyclic) bond motifs is 1. The molecule has 4 heteroatoms. The third kappa shape index (κ3) is 5.21. The van der Waals surface area contributed by atoms with Crippen LogP contribution in [0.4, 0.5) is 0 Å². The molecule has 0 unspecified atom stereocenters. The summed E-state index contributed by atoms with van der Waals surface area (Å²) in [6, 6.07) is 33.6. The van der Waals surface area contributed by atoms with Crippen molar-refractivity contribution in [3.8, 4) is 0 Å². The first kappa shape index (κ1) is 19.6. The molecule has 0 aliphatic heterocycles. The molecule has 3 nitrogen and oxygen atoms in total. The van der Waals surface area contributed by atoms with Crippen LogP contribution in [0.15, 0.2) is 103 Å². The monoisotopic (exact) mass is 402 g/mol. The van der Waals surface area contributed by atoms with Gasteiger partial charge in [0.2, 0.25) is 0 Å². The Balaban J connectivity index is 1.58. The van der Waals surface area contributed by atoms with Crippen molar-refractivity contribution >= 4 is 18.4 Å². The maximum atomic E-state index is 13.7. The minimum Gasteiger partial charge on any atom is -0.304 e. The zero-order valence-electron chi connectivity index (χ0n) is 16.1. The maximum absolute atomic E-state index is 13.7. The molecule has 0 heterocycles. The van der Waals surface area contributed by atoms with E-state index in [-0.39, 0.29) is 19.4 Å². The Morgan fingerprint density at radius 3 is 1.72 bits per heavy atom. The summed E-state index contributed by atoms with van der Waals surface area (Å²) in [6.07, 6.45) is 0.230. The topological polar surface area (TPSA) is 35.5 Å². The van der Waals surface area contributed by atoms with Crippen molar-refractivity contribution in [1.29, 1.82) is 0 Å². The second kappa shape index (κ2) is 9.19. The maximum Gasteiger partial charge on any atom is 0.335 e. The van der Waals surface area contributed by atoms with Crippen LogP contribution in [-0.2, 0) is 33.0 Å². The predicted octanol–water partition coefficient (Wildman–Crippen LogP) is 6.97. The van der Waals surface area contributed by atoms with Crippen molar-refractivity contribution in [2.75, 3.05) is 0 Å². The lowest BCUT2D eigenvalue weighted by molar-refractivity contribution is 0.190. The molecule has 0 saturated carbocycles. The molecule has 0 atom stereocenters. The summed E-state index contributed by atoms with van der Waals surface area (Å²) in [5, 5.41) is 2.18. The highest BCUT2D eigenvalue weighted by Gasteiger charge is 2.26. The molecule has 0 aliphatic rings. The molecule has 0 fully saturated rings. The molecule has 0 saturated heterocycles. The van der Waals surface area contributed by atoms with Crippen molar-refractivity contribution in [1.82, 2.24) is 0 Å². The van der Waals surface area contributed by atoms with Gasteiger partial charge in [0, 0.05) is 0 Å². The van der Waals surface area contributed by atoms with Crippen LogP contribution < -0.4 is 0 Å².